The van der Waals surface area contributed by atoms with Gasteiger partial charge in [-0.05, 0) is 0 Å². The van der Waals surface area contributed by atoms with Gasteiger partial charge in [0.15, 0.2) is 0 Å². The third-order valence-corrected chi connectivity index (χ3v) is 0. The Morgan fingerprint density at radius 1 is 1.50 bits per heavy atom. The summed E-state index contributed by atoms with van der Waals surface area (Å²) < 4.78 is 7.81. The molecule has 0 aromatic rings. The number of hydrogen-bond acceptors (Lipinski definition) is 1. The molecule has 0 bridgehead atoms. The Bertz CT molecular complexity index is 13.5. The molecular weight excluding hydrogens is 403 g/mol. The average Bonchev–Trinajstić information content (AvgIpc) is 1.00. The minimum atomic E-state index is 0. The molecule has 0 amide bonds. The molecule has 0 unspecified atom stereocenters. The zero-order chi connectivity index (χ0) is 2.00. The van der Waals surface area contributed by atoms with Crippen LogP contribution in [0, 0.1) is 0 Å². The van der Waals surface area contributed by atoms with Gasteiger partial charge in [0.05, 0.1) is 0 Å². The molecule has 0 rings (SSSR count). The largest absolute Gasteiger partial charge is 0 e. The van der Waals surface area contributed by atoms with E-state index >= 15 is 0 Å². The van der Waals surface area contributed by atoms with Crippen LogP contribution in [0.5, 0.6) is 0 Å². The van der Waals surface area contributed by atoms with E-state index in [4.69, 9.17) is 3.83 Å². The molecule has 0 atom stereocenters. The molecule has 28 valence electrons. The Morgan fingerprint density at radius 2 is 1.50 bits per heavy atom. The van der Waals surface area contributed by atoms with Gasteiger partial charge in [0, 0.05) is 20.4 Å². The fourth-order valence-electron chi connectivity index (χ4n) is 0. The van der Waals surface area contributed by atoms with Crippen LogP contribution in [0.1, 0.15) is 2.85 Å². The summed E-state index contributed by atoms with van der Waals surface area (Å²) in [6.45, 7) is 0. The van der Waals surface area contributed by atoms with Crippen molar-refractivity contribution < 1.29 is 43.1 Å². The van der Waals surface area contributed by atoms with Crippen molar-refractivity contribution in [2.45, 2.75) is 0 Å². The summed E-state index contributed by atoms with van der Waals surface area (Å²) in [7, 11) is 0. The zero-order valence-electron chi connectivity index (χ0n) is 3.79. The van der Waals surface area contributed by atoms with E-state index in [0.717, 1.165) is 0 Å². The topological polar surface area (TPSA) is 17.1 Å². The monoisotopic (exact) mass is 406 g/mol. The predicted octanol–water partition coefficient (Wildman–Crippen LogP) is -0.280. The third kappa shape index (κ3) is 8.82. The Hall–Kier alpha value is 2.55. The maximum atomic E-state index is 7.81. The van der Waals surface area contributed by atoms with Crippen molar-refractivity contribution in [1.29, 1.82) is 0 Å². The smallest absolute Gasteiger partial charge is 0 e. The summed E-state index contributed by atoms with van der Waals surface area (Å²) >= 11 is 2.94. The van der Waals surface area contributed by atoms with Crippen LogP contribution in [0.15, 0.2) is 0 Å². The van der Waals surface area contributed by atoms with Crippen LogP contribution >= 0.6 is 0 Å². The zero-order valence-corrected chi connectivity index (χ0v) is 9.89. The molecule has 0 aromatic heterocycles. The Morgan fingerprint density at radius 3 is 1.50 bits per heavy atom. The van der Waals surface area contributed by atoms with Gasteiger partial charge in [-0.25, -0.2) is 0 Å². The fourth-order valence-corrected chi connectivity index (χ4v) is 0. The molecule has 0 fully saturated rings. The van der Waals surface area contributed by atoms with Gasteiger partial charge < -0.3 is 2.85 Å². The summed E-state index contributed by atoms with van der Waals surface area (Å²) in [5.41, 5.74) is 0. The second-order valence-electron chi connectivity index (χ2n) is 0. The van der Waals surface area contributed by atoms with Crippen molar-refractivity contribution >= 4 is 48.9 Å². The molecular formula is H2BaCuORe. The summed E-state index contributed by atoms with van der Waals surface area (Å²) in [5.74, 6) is 0. The Kier molecular flexibility index (Phi) is 70.7. The normalized spacial score (nSPS) is 1.50. The van der Waals surface area contributed by atoms with Crippen molar-refractivity contribution in [3.05, 3.63) is 0 Å². The first-order valence-electron chi connectivity index (χ1n) is 0.123. The first-order valence-corrected chi connectivity index (χ1v) is 0.508. The number of rotatable bonds is 0. The molecule has 0 spiro atoms. The van der Waals surface area contributed by atoms with E-state index in [1.807, 2.05) is 0 Å². The molecule has 0 saturated carbocycles. The van der Waals surface area contributed by atoms with E-state index in [1.165, 1.54) is 0 Å². The van der Waals surface area contributed by atoms with Gasteiger partial charge in [0.2, 0.25) is 0 Å². The van der Waals surface area contributed by atoms with Crippen LogP contribution in [0.2, 0.25) is 0 Å². The van der Waals surface area contributed by atoms with E-state index < -0.39 is 0 Å². The van der Waals surface area contributed by atoms with Crippen LogP contribution in [0.4, 0.5) is 0 Å². The van der Waals surface area contributed by atoms with Crippen molar-refractivity contribution in [2.75, 3.05) is 0 Å². The third-order valence-electron chi connectivity index (χ3n) is 0. The predicted molar refractivity (Wildman–Crippen MR) is 8.66 cm³/mol. The van der Waals surface area contributed by atoms with Gasteiger partial charge in [-0.15, -0.1) is 0 Å². The molecule has 1 nitrogen and oxygen atoms in total. The van der Waals surface area contributed by atoms with Crippen LogP contribution in [-0.2, 0) is 40.2 Å². The molecule has 0 N–H and O–H groups in total. The molecule has 0 aliphatic heterocycles. The quantitative estimate of drug-likeness (QED) is 0.507. The minimum absolute atomic E-state index is 0. The second-order valence-corrected chi connectivity index (χ2v) is 0. The van der Waals surface area contributed by atoms with Gasteiger partial charge >= 0.3 is 68.7 Å². The summed E-state index contributed by atoms with van der Waals surface area (Å²) in [6.07, 6.45) is 0. The first kappa shape index (κ1) is 16.0. The maximum absolute atomic E-state index is 7.81. The van der Waals surface area contributed by atoms with Gasteiger partial charge in [0.25, 0.3) is 0 Å². The van der Waals surface area contributed by atoms with Crippen molar-refractivity contribution in [3.63, 3.8) is 0 Å². The van der Waals surface area contributed by atoms with E-state index in [1.54, 1.807) is 0 Å². The van der Waals surface area contributed by atoms with Crippen molar-refractivity contribution in [2.24, 2.45) is 0 Å². The Balaban J connectivity index is -0.000000000833. The first-order chi connectivity index (χ1) is 1.00. The summed E-state index contributed by atoms with van der Waals surface area (Å²) in [4.78, 5) is 0. The van der Waals surface area contributed by atoms with Crippen LogP contribution in [0.3, 0.4) is 0 Å². The molecule has 4 heteroatoms. The van der Waals surface area contributed by atoms with Gasteiger partial charge in [-0.2, -0.15) is 0 Å². The summed E-state index contributed by atoms with van der Waals surface area (Å²) in [6, 6.07) is 0. The maximum Gasteiger partial charge on any atom is 0 e. The minimum Gasteiger partial charge on any atom is 0 e. The van der Waals surface area contributed by atoms with E-state index in [9.17, 15) is 0 Å². The summed E-state index contributed by atoms with van der Waals surface area (Å²) in [5, 5.41) is 0. The Labute approximate surface area is 90.0 Å². The molecule has 0 aliphatic carbocycles. The SMILES string of the molecule is [Ba+2].[H-].[H-].[O]=[Cu].[Re]. The standard InChI is InChI=1S/Ba.Cu.O.Re.2H/q+2;;;;2*-1. The van der Waals surface area contributed by atoms with Gasteiger partial charge in [-0.3, -0.25) is 0 Å². The average molecular weight is 405 g/mol. The fraction of sp³-hybridized carbons (Fsp3) is 0. The van der Waals surface area contributed by atoms with E-state index in [2.05, 4.69) is 15.9 Å². The molecule has 0 saturated heterocycles. The number of hydrogen-bond donors (Lipinski definition) is 0. The van der Waals surface area contributed by atoms with Crippen LogP contribution in [0.25, 0.3) is 0 Å². The molecule has 0 aromatic carbocycles. The van der Waals surface area contributed by atoms with Gasteiger partial charge in [0.1, 0.15) is 0 Å². The van der Waals surface area contributed by atoms with Gasteiger partial charge in [-0.1, -0.05) is 0 Å². The van der Waals surface area contributed by atoms with E-state index in [0.29, 0.717) is 0 Å². The molecule has 1 radical (unpaired) electrons. The molecule has 0 aliphatic rings. The van der Waals surface area contributed by atoms with Crippen LogP contribution < -0.4 is 0 Å². The van der Waals surface area contributed by atoms with E-state index in [-0.39, 0.29) is 72.2 Å². The molecule has 4 heavy (non-hydrogen) atoms. The van der Waals surface area contributed by atoms with Crippen molar-refractivity contribution in [1.82, 2.24) is 0 Å². The second kappa shape index (κ2) is 17.7. The molecule has 0 heterocycles. The van der Waals surface area contributed by atoms with Crippen LogP contribution in [-0.4, -0.2) is 48.9 Å². The van der Waals surface area contributed by atoms with Crippen molar-refractivity contribution in [3.8, 4) is 0 Å².